The van der Waals surface area contributed by atoms with Gasteiger partial charge in [0.1, 0.15) is 0 Å². The van der Waals surface area contributed by atoms with Gasteiger partial charge >= 0.3 is 0 Å². The molecule has 0 saturated heterocycles. The fraction of sp³-hybridized carbons (Fsp3) is 0.182. The van der Waals surface area contributed by atoms with Crippen LogP contribution in [0.2, 0.25) is 10.0 Å². The summed E-state index contributed by atoms with van der Waals surface area (Å²) in [7, 11) is 0. The first-order valence-electron chi connectivity index (χ1n) is 5.66. The number of halogens is 2. The minimum atomic E-state index is -0.654. The second kappa shape index (κ2) is 6.51. The Hall–Kier alpha value is -2.19. The van der Waals surface area contributed by atoms with Crippen molar-refractivity contribution in [3.05, 3.63) is 50.1 Å². The summed E-state index contributed by atoms with van der Waals surface area (Å²) in [5.74, 6) is -0.146. The van der Waals surface area contributed by atoms with Gasteiger partial charge in [0.2, 0.25) is 6.39 Å². The van der Waals surface area contributed by atoms with E-state index < -0.39 is 10.8 Å². The monoisotopic (exact) mass is 330 g/mol. The van der Waals surface area contributed by atoms with Crippen molar-refractivity contribution in [2.75, 3.05) is 6.54 Å². The summed E-state index contributed by atoms with van der Waals surface area (Å²) < 4.78 is 4.55. The fourth-order valence-electron chi connectivity index (χ4n) is 1.53. The Morgan fingerprint density at radius 2 is 2.19 bits per heavy atom. The number of rotatable bonds is 5. The number of carbonyl (C=O) groups is 1. The zero-order valence-electron chi connectivity index (χ0n) is 10.4. The van der Waals surface area contributed by atoms with Gasteiger partial charge in [0.25, 0.3) is 11.6 Å². The maximum absolute atomic E-state index is 12.0. The molecule has 1 aromatic heterocycles. The Balaban J connectivity index is 2.09. The number of aromatic nitrogens is 2. The highest BCUT2D eigenvalue weighted by atomic mass is 35.5. The molecule has 2 rings (SSSR count). The van der Waals surface area contributed by atoms with Crippen molar-refractivity contribution in [3.63, 3.8) is 0 Å². The van der Waals surface area contributed by atoms with Gasteiger partial charge in [0.15, 0.2) is 5.82 Å². The Labute approximate surface area is 128 Å². The van der Waals surface area contributed by atoms with Crippen molar-refractivity contribution < 1.29 is 14.2 Å². The topological polar surface area (TPSA) is 111 Å². The highest BCUT2D eigenvalue weighted by molar-refractivity contribution is 6.44. The largest absolute Gasteiger partial charge is 0.352 e. The third kappa shape index (κ3) is 3.67. The Morgan fingerprint density at radius 3 is 2.81 bits per heavy atom. The van der Waals surface area contributed by atoms with Crippen LogP contribution in [0.15, 0.2) is 23.0 Å². The summed E-state index contributed by atoms with van der Waals surface area (Å²) in [6.45, 7) is 0.217. The van der Waals surface area contributed by atoms with E-state index in [1.165, 1.54) is 6.39 Å². The Kier molecular flexibility index (Phi) is 4.71. The lowest BCUT2D eigenvalue weighted by atomic mass is 10.2. The molecule has 0 radical (unpaired) electrons. The van der Waals surface area contributed by atoms with Gasteiger partial charge in [-0.3, -0.25) is 14.9 Å². The van der Waals surface area contributed by atoms with Gasteiger partial charge in [-0.2, -0.15) is 4.98 Å². The van der Waals surface area contributed by atoms with E-state index in [2.05, 4.69) is 20.0 Å². The standard InChI is InChI=1S/C11H8Cl2N4O4/c12-8-4-6(17(19)20)3-7(10(8)13)11(18)14-2-1-9-15-5-21-16-9/h3-5H,1-2H2,(H,14,18). The van der Waals surface area contributed by atoms with Crippen LogP contribution in [0.5, 0.6) is 0 Å². The Bertz CT molecular complexity index is 675. The molecule has 0 aliphatic heterocycles. The summed E-state index contributed by atoms with van der Waals surface area (Å²) in [6, 6.07) is 2.15. The molecule has 1 N–H and O–H groups in total. The SMILES string of the molecule is O=C(NCCc1ncon1)c1cc([N+](=O)[O-])cc(Cl)c1Cl. The molecule has 10 heteroatoms. The normalized spacial score (nSPS) is 10.4. The number of amides is 1. The molecule has 0 aliphatic rings. The van der Waals surface area contributed by atoms with E-state index in [-0.39, 0.29) is 27.8 Å². The lowest BCUT2D eigenvalue weighted by Crippen LogP contribution is -2.26. The van der Waals surface area contributed by atoms with E-state index in [4.69, 9.17) is 23.2 Å². The minimum Gasteiger partial charge on any atom is -0.352 e. The number of nitrogens with one attached hydrogen (secondary N) is 1. The van der Waals surface area contributed by atoms with E-state index in [1.807, 2.05) is 0 Å². The van der Waals surface area contributed by atoms with Gasteiger partial charge in [0, 0.05) is 25.1 Å². The zero-order valence-corrected chi connectivity index (χ0v) is 11.9. The van der Waals surface area contributed by atoms with Crippen LogP contribution in [-0.2, 0) is 6.42 Å². The molecule has 0 bridgehead atoms. The van der Waals surface area contributed by atoms with Crippen molar-refractivity contribution >= 4 is 34.8 Å². The van der Waals surface area contributed by atoms with Crippen LogP contribution in [-0.4, -0.2) is 27.5 Å². The maximum atomic E-state index is 12.0. The summed E-state index contributed by atoms with van der Waals surface area (Å²) in [6.07, 6.45) is 1.52. The van der Waals surface area contributed by atoms with Gasteiger partial charge in [-0.05, 0) is 0 Å². The van der Waals surface area contributed by atoms with Crippen LogP contribution in [0.3, 0.4) is 0 Å². The summed E-state index contributed by atoms with van der Waals surface area (Å²) >= 11 is 11.7. The fourth-order valence-corrected chi connectivity index (χ4v) is 1.94. The second-order valence-electron chi connectivity index (χ2n) is 3.90. The number of nitro benzene ring substituents is 1. The van der Waals surface area contributed by atoms with Crippen LogP contribution >= 0.6 is 23.2 Å². The minimum absolute atomic E-state index is 0.0423. The molecule has 0 spiro atoms. The number of benzene rings is 1. The lowest BCUT2D eigenvalue weighted by Gasteiger charge is -2.07. The highest BCUT2D eigenvalue weighted by Gasteiger charge is 2.19. The predicted molar refractivity (Wildman–Crippen MR) is 73.5 cm³/mol. The quantitative estimate of drug-likeness (QED) is 0.664. The first-order chi connectivity index (χ1) is 9.99. The number of nitro groups is 1. The average molecular weight is 331 g/mol. The predicted octanol–water partition coefficient (Wildman–Crippen LogP) is 2.26. The van der Waals surface area contributed by atoms with Crippen LogP contribution in [0.4, 0.5) is 5.69 Å². The number of hydrogen-bond donors (Lipinski definition) is 1. The average Bonchev–Trinajstić information content (AvgIpc) is 2.94. The molecule has 2 aromatic rings. The van der Waals surface area contributed by atoms with E-state index in [9.17, 15) is 14.9 Å². The molecule has 1 amide bonds. The molecule has 1 heterocycles. The molecular formula is C11H8Cl2N4O4. The van der Waals surface area contributed by atoms with Gasteiger partial charge in [0.05, 0.1) is 20.5 Å². The van der Waals surface area contributed by atoms with E-state index in [1.54, 1.807) is 0 Å². The Morgan fingerprint density at radius 1 is 1.43 bits per heavy atom. The number of nitrogens with zero attached hydrogens (tertiary/aromatic N) is 3. The van der Waals surface area contributed by atoms with Crippen molar-refractivity contribution in [1.29, 1.82) is 0 Å². The third-order valence-electron chi connectivity index (χ3n) is 2.51. The molecule has 110 valence electrons. The molecule has 21 heavy (non-hydrogen) atoms. The van der Waals surface area contributed by atoms with Crippen molar-refractivity contribution in [2.45, 2.75) is 6.42 Å². The van der Waals surface area contributed by atoms with Gasteiger partial charge in [-0.15, -0.1) is 0 Å². The number of carbonyl (C=O) groups excluding carboxylic acids is 1. The summed E-state index contributed by atoms with van der Waals surface area (Å²) in [4.78, 5) is 25.9. The van der Waals surface area contributed by atoms with Crippen molar-refractivity contribution in [2.24, 2.45) is 0 Å². The first kappa shape index (κ1) is 15.2. The molecule has 8 nitrogen and oxygen atoms in total. The summed E-state index contributed by atoms with van der Waals surface area (Å²) in [5.41, 5.74) is -0.378. The lowest BCUT2D eigenvalue weighted by molar-refractivity contribution is -0.384. The molecule has 0 fully saturated rings. The van der Waals surface area contributed by atoms with Crippen molar-refractivity contribution in [1.82, 2.24) is 15.5 Å². The van der Waals surface area contributed by atoms with Gasteiger partial charge in [-0.25, -0.2) is 0 Å². The van der Waals surface area contributed by atoms with Gasteiger partial charge in [-0.1, -0.05) is 28.4 Å². The first-order valence-corrected chi connectivity index (χ1v) is 6.41. The summed E-state index contributed by atoms with van der Waals surface area (Å²) in [5, 5.41) is 16.8. The smallest absolute Gasteiger partial charge is 0.271 e. The highest BCUT2D eigenvalue weighted by Crippen LogP contribution is 2.30. The zero-order chi connectivity index (χ0) is 15.4. The van der Waals surface area contributed by atoms with Crippen LogP contribution in [0, 0.1) is 10.1 Å². The number of non-ortho nitro benzene ring substituents is 1. The molecule has 1 aromatic carbocycles. The van der Waals surface area contributed by atoms with Crippen LogP contribution < -0.4 is 5.32 Å². The van der Waals surface area contributed by atoms with Crippen LogP contribution in [0.25, 0.3) is 0 Å². The van der Waals surface area contributed by atoms with Gasteiger partial charge < -0.3 is 9.84 Å². The maximum Gasteiger partial charge on any atom is 0.271 e. The molecule has 0 aliphatic carbocycles. The molecular weight excluding hydrogens is 323 g/mol. The van der Waals surface area contributed by atoms with E-state index in [0.29, 0.717) is 12.2 Å². The van der Waals surface area contributed by atoms with Crippen molar-refractivity contribution in [3.8, 4) is 0 Å². The van der Waals surface area contributed by atoms with E-state index in [0.717, 1.165) is 12.1 Å². The molecule has 0 atom stereocenters. The third-order valence-corrected chi connectivity index (χ3v) is 3.31. The number of hydrogen-bond acceptors (Lipinski definition) is 6. The molecule has 0 saturated carbocycles. The molecule has 0 unspecified atom stereocenters. The second-order valence-corrected chi connectivity index (χ2v) is 4.68. The van der Waals surface area contributed by atoms with Crippen LogP contribution in [0.1, 0.15) is 16.2 Å². The van der Waals surface area contributed by atoms with E-state index >= 15 is 0 Å².